The number of methoxy groups -OCH3 is 3. The van der Waals surface area contributed by atoms with Gasteiger partial charge in [0.2, 0.25) is 5.75 Å². The zero-order valence-electron chi connectivity index (χ0n) is 16.7. The fraction of sp³-hybridized carbons (Fsp3) is 0.190. The number of nitrogens with zero attached hydrogens (tertiary/aromatic N) is 1. The van der Waals surface area contributed by atoms with Gasteiger partial charge in [-0.25, -0.2) is 9.69 Å². The van der Waals surface area contributed by atoms with E-state index in [1.807, 2.05) is 6.92 Å². The molecule has 0 spiro atoms. The molecule has 1 saturated heterocycles. The van der Waals surface area contributed by atoms with Crippen LogP contribution in [0.5, 0.6) is 17.2 Å². The first kappa shape index (κ1) is 21.4. The Labute approximate surface area is 181 Å². The van der Waals surface area contributed by atoms with Crippen LogP contribution in [0, 0.1) is 6.92 Å². The number of imide groups is 2. The summed E-state index contributed by atoms with van der Waals surface area (Å²) in [4.78, 5) is 38.8. The van der Waals surface area contributed by atoms with Gasteiger partial charge in [-0.1, -0.05) is 15.9 Å². The monoisotopic (exact) mass is 474 g/mol. The molecule has 2 aromatic rings. The lowest BCUT2D eigenvalue weighted by molar-refractivity contribution is -0.122. The van der Waals surface area contributed by atoms with Gasteiger partial charge >= 0.3 is 6.03 Å². The van der Waals surface area contributed by atoms with Crippen molar-refractivity contribution in [3.8, 4) is 17.2 Å². The Morgan fingerprint density at radius 2 is 1.60 bits per heavy atom. The highest BCUT2D eigenvalue weighted by Crippen LogP contribution is 2.39. The summed E-state index contributed by atoms with van der Waals surface area (Å²) in [6.07, 6.45) is 1.37. The van der Waals surface area contributed by atoms with Crippen LogP contribution in [-0.2, 0) is 9.59 Å². The van der Waals surface area contributed by atoms with Crippen LogP contribution in [0.4, 0.5) is 10.5 Å². The quantitative estimate of drug-likeness (QED) is 0.526. The highest BCUT2D eigenvalue weighted by atomic mass is 79.9. The molecule has 0 atom stereocenters. The van der Waals surface area contributed by atoms with Crippen molar-refractivity contribution in [2.45, 2.75) is 6.92 Å². The molecule has 30 heavy (non-hydrogen) atoms. The first-order chi connectivity index (χ1) is 14.3. The average molecular weight is 475 g/mol. The minimum atomic E-state index is -0.811. The molecule has 0 aromatic heterocycles. The smallest absolute Gasteiger partial charge is 0.335 e. The zero-order chi connectivity index (χ0) is 22.0. The number of halogens is 1. The summed E-state index contributed by atoms with van der Waals surface area (Å²) >= 11 is 3.38. The standard InChI is InChI=1S/C21H19BrN2O6/c1-11-7-13(5-6-15(11)22)24-20(26)14(19(25)23-21(24)27)8-12-9-16(28-2)18(30-4)17(10-12)29-3/h5-10H,1-4H3,(H,23,25,27). The van der Waals surface area contributed by atoms with Crippen LogP contribution < -0.4 is 24.4 Å². The lowest BCUT2D eigenvalue weighted by Crippen LogP contribution is -2.54. The molecule has 0 bridgehead atoms. The van der Waals surface area contributed by atoms with E-state index in [4.69, 9.17) is 14.2 Å². The van der Waals surface area contributed by atoms with Gasteiger partial charge in [0.1, 0.15) is 5.57 Å². The third-order valence-electron chi connectivity index (χ3n) is 4.50. The number of hydrogen-bond acceptors (Lipinski definition) is 6. The largest absolute Gasteiger partial charge is 0.493 e. The predicted octanol–water partition coefficient (Wildman–Crippen LogP) is 3.45. The number of nitrogens with one attached hydrogen (secondary N) is 1. The summed E-state index contributed by atoms with van der Waals surface area (Å²) in [7, 11) is 4.40. The maximum Gasteiger partial charge on any atom is 0.335 e. The molecule has 0 radical (unpaired) electrons. The maximum absolute atomic E-state index is 13.1. The van der Waals surface area contributed by atoms with E-state index in [0.29, 0.717) is 28.5 Å². The molecule has 3 rings (SSSR count). The Balaban J connectivity index is 2.07. The van der Waals surface area contributed by atoms with Gasteiger partial charge in [-0.3, -0.25) is 14.9 Å². The van der Waals surface area contributed by atoms with Crippen molar-refractivity contribution >= 4 is 45.5 Å². The molecule has 2 aromatic carbocycles. The number of rotatable bonds is 5. The Kier molecular flexibility index (Phi) is 6.12. The fourth-order valence-corrected chi connectivity index (χ4v) is 3.26. The van der Waals surface area contributed by atoms with Gasteiger partial charge in [-0.05, 0) is 54.5 Å². The van der Waals surface area contributed by atoms with Gasteiger partial charge < -0.3 is 14.2 Å². The van der Waals surface area contributed by atoms with Crippen LogP contribution in [-0.4, -0.2) is 39.2 Å². The number of anilines is 1. The number of amides is 4. The molecule has 1 N–H and O–H groups in total. The molecule has 1 aliphatic rings. The van der Waals surface area contributed by atoms with Crippen LogP contribution >= 0.6 is 15.9 Å². The van der Waals surface area contributed by atoms with Gasteiger partial charge in [0.25, 0.3) is 11.8 Å². The minimum Gasteiger partial charge on any atom is -0.493 e. The molecule has 1 aliphatic heterocycles. The number of barbiturate groups is 1. The second-order valence-electron chi connectivity index (χ2n) is 6.35. The number of carbonyl (C=O) groups excluding carboxylic acids is 3. The summed E-state index contributed by atoms with van der Waals surface area (Å²) in [5.41, 5.74) is 1.44. The Bertz CT molecular complexity index is 1050. The van der Waals surface area contributed by atoms with E-state index in [9.17, 15) is 14.4 Å². The van der Waals surface area contributed by atoms with Crippen molar-refractivity contribution in [2.75, 3.05) is 26.2 Å². The van der Waals surface area contributed by atoms with Crippen LogP contribution in [0.1, 0.15) is 11.1 Å². The Hall–Kier alpha value is -3.33. The lowest BCUT2D eigenvalue weighted by Gasteiger charge is -2.26. The molecular formula is C21H19BrN2O6. The van der Waals surface area contributed by atoms with Gasteiger partial charge in [0, 0.05) is 4.47 Å². The van der Waals surface area contributed by atoms with E-state index in [1.54, 1.807) is 30.3 Å². The van der Waals surface area contributed by atoms with Crippen LogP contribution in [0.25, 0.3) is 6.08 Å². The third kappa shape index (κ3) is 3.88. The molecule has 0 unspecified atom stereocenters. The fourth-order valence-electron chi connectivity index (χ4n) is 3.01. The van der Waals surface area contributed by atoms with E-state index >= 15 is 0 Å². The number of carbonyl (C=O) groups is 3. The van der Waals surface area contributed by atoms with E-state index < -0.39 is 17.8 Å². The number of ether oxygens (including phenoxy) is 3. The van der Waals surface area contributed by atoms with Crippen molar-refractivity contribution in [2.24, 2.45) is 0 Å². The number of aryl methyl sites for hydroxylation is 1. The first-order valence-corrected chi connectivity index (χ1v) is 9.57. The SMILES string of the molecule is COc1cc(C=C2C(=O)NC(=O)N(c3ccc(Br)c(C)c3)C2=O)cc(OC)c1OC. The number of urea groups is 1. The summed E-state index contributed by atoms with van der Waals surface area (Å²) < 4.78 is 16.7. The molecule has 156 valence electrons. The lowest BCUT2D eigenvalue weighted by atomic mass is 10.1. The maximum atomic E-state index is 13.1. The van der Waals surface area contributed by atoms with E-state index in [-0.39, 0.29) is 5.57 Å². The predicted molar refractivity (Wildman–Crippen MR) is 114 cm³/mol. The highest BCUT2D eigenvalue weighted by molar-refractivity contribution is 9.10. The molecule has 0 aliphatic carbocycles. The van der Waals surface area contributed by atoms with Crippen molar-refractivity contribution in [1.29, 1.82) is 0 Å². The van der Waals surface area contributed by atoms with E-state index in [0.717, 1.165) is 14.9 Å². The molecule has 0 saturated carbocycles. The number of benzene rings is 2. The first-order valence-electron chi connectivity index (χ1n) is 8.78. The Morgan fingerprint density at radius 1 is 0.967 bits per heavy atom. The van der Waals surface area contributed by atoms with E-state index in [1.165, 1.54) is 27.4 Å². The van der Waals surface area contributed by atoms with Crippen LogP contribution in [0.3, 0.4) is 0 Å². The van der Waals surface area contributed by atoms with Crippen molar-refractivity contribution in [3.05, 3.63) is 51.5 Å². The highest BCUT2D eigenvalue weighted by Gasteiger charge is 2.37. The van der Waals surface area contributed by atoms with Crippen LogP contribution in [0.15, 0.2) is 40.4 Å². The van der Waals surface area contributed by atoms with Crippen molar-refractivity contribution < 1.29 is 28.6 Å². The van der Waals surface area contributed by atoms with Gasteiger partial charge in [0.15, 0.2) is 11.5 Å². The second kappa shape index (κ2) is 8.58. The molecule has 1 heterocycles. The summed E-state index contributed by atoms with van der Waals surface area (Å²) in [6.45, 7) is 1.83. The third-order valence-corrected chi connectivity index (χ3v) is 5.39. The normalized spacial score (nSPS) is 15.3. The molecule has 9 heteroatoms. The summed E-state index contributed by atoms with van der Waals surface area (Å²) in [6, 6.07) is 7.40. The Morgan fingerprint density at radius 3 is 2.13 bits per heavy atom. The topological polar surface area (TPSA) is 94.2 Å². The van der Waals surface area contributed by atoms with Gasteiger partial charge in [-0.2, -0.15) is 0 Å². The molecule has 8 nitrogen and oxygen atoms in total. The van der Waals surface area contributed by atoms with Gasteiger partial charge in [-0.15, -0.1) is 0 Å². The zero-order valence-corrected chi connectivity index (χ0v) is 18.3. The molecule has 1 fully saturated rings. The van der Waals surface area contributed by atoms with Crippen molar-refractivity contribution in [1.82, 2.24) is 5.32 Å². The average Bonchev–Trinajstić information content (AvgIpc) is 2.72. The second-order valence-corrected chi connectivity index (χ2v) is 7.20. The summed E-state index contributed by atoms with van der Waals surface area (Å²) in [5, 5.41) is 2.20. The van der Waals surface area contributed by atoms with Gasteiger partial charge in [0.05, 0.1) is 27.0 Å². The van der Waals surface area contributed by atoms with E-state index in [2.05, 4.69) is 21.2 Å². The summed E-state index contributed by atoms with van der Waals surface area (Å²) in [5.74, 6) is -0.417. The molecular weight excluding hydrogens is 456 g/mol. The van der Waals surface area contributed by atoms with Crippen LogP contribution in [0.2, 0.25) is 0 Å². The van der Waals surface area contributed by atoms with Crippen molar-refractivity contribution in [3.63, 3.8) is 0 Å². The molecule has 4 amide bonds. The minimum absolute atomic E-state index is 0.204. The number of hydrogen-bond donors (Lipinski definition) is 1.